The molecule has 21 heavy (non-hydrogen) atoms. The number of carbonyl (C=O) groups is 1. The molecule has 0 unspecified atom stereocenters. The lowest BCUT2D eigenvalue weighted by Crippen LogP contribution is -2.16. The van der Waals surface area contributed by atoms with E-state index in [1.54, 1.807) is 6.92 Å². The Morgan fingerprint density at radius 2 is 2.00 bits per heavy atom. The van der Waals surface area contributed by atoms with Gasteiger partial charge in [0.2, 0.25) is 0 Å². The fourth-order valence-electron chi connectivity index (χ4n) is 1.89. The van der Waals surface area contributed by atoms with Crippen LogP contribution >= 0.6 is 11.6 Å². The van der Waals surface area contributed by atoms with Gasteiger partial charge in [-0.3, -0.25) is 4.79 Å². The van der Waals surface area contributed by atoms with E-state index in [2.05, 4.69) is 10.6 Å². The highest BCUT2D eigenvalue weighted by molar-refractivity contribution is 6.31. The van der Waals surface area contributed by atoms with Crippen LogP contribution < -0.4 is 10.6 Å². The molecule has 1 amide bonds. The van der Waals surface area contributed by atoms with Gasteiger partial charge in [-0.1, -0.05) is 17.7 Å². The second-order valence-electron chi connectivity index (χ2n) is 4.30. The van der Waals surface area contributed by atoms with Gasteiger partial charge in [-0.05, 0) is 37.3 Å². The Bertz CT molecular complexity index is 656. The van der Waals surface area contributed by atoms with Crippen LogP contribution in [0.3, 0.4) is 0 Å². The van der Waals surface area contributed by atoms with Gasteiger partial charge in [0.05, 0.1) is 11.3 Å². The number of carbonyl (C=O) groups excluding carboxylic acids is 1. The lowest BCUT2D eigenvalue weighted by atomic mass is 10.1. The molecule has 0 heterocycles. The van der Waals surface area contributed by atoms with Crippen LogP contribution in [0.25, 0.3) is 0 Å². The van der Waals surface area contributed by atoms with E-state index >= 15 is 0 Å². The summed E-state index contributed by atoms with van der Waals surface area (Å²) in [6, 6.07) is 7.85. The molecule has 0 fully saturated rings. The molecule has 110 valence electrons. The van der Waals surface area contributed by atoms with Crippen molar-refractivity contribution < 1.29 is 13.6 Å². The van der Waals surface area contributed by atoms with E-state index in [1.807, 2.05) is 0 Å². The summed E-state index contributed by atoms with van der Waals surface area (Å²) in [6.45, 7) is 2.26. The first-order valence-corrected chi connectivity index (χ1v) is 6.69. The van der Waals surface area contributed by atoms with Crippen LogP contribution in [0.1, 0.15) is 17.3 Å². The zero-order valence-electron chi connectivity index (χ0n) is 11.2. The Hall–Kier alpha value is -2.14. The first-order chi connectivity index (χ1) is 10.0. The van der Waals surface area contributed by atoms with Crippen LogP contribution in [0.2, 0.25) is 5.02 Å². The first kappa shape index (κ1) is 15.3. The van der Waals surface area contributed by atoms with Gasteiger partial charge in [-0.15, -0.1) is 0 Å². The molecule has 2 aromatic rings. The van der Waals surface area contributed by atoms with Gasteiger partial charge < -0.3 is 10.6 Å². The Morgan fingerprint density at radius 1 is 1.24 bits per heavy atom. The van der Waals surface area contributed by atoms with E-state index in [-0.39, 0.29) is 22.0 Å². The maximum absolute atomic E-state index is 13.7. The van der Waals surface area contributed by atoms with Gasteiger partial charge in [-0.2, -0.15) is 0 Å². The van der Waals surface area contributed by atoms with Crippen molar-refractivity contribution in [2.75, 3.05) is 17.2 Å². The summed E-state index contributed by atoms with van der Waals surface area (Å²) in [5.74, 6) is -1.64. The van der Waals surface area contributed by atoms with Crippen molar-refractivity contribution in [3.8, 4) is 0 Å². The maximum Gasteiger partial charge on any atom is 0.257 e. The normalized spacial score (nSPS) is 10.3. The van der Waals surface area contributed by atoms with Crippen LogP contribution in [0.4, 0.5) is 20.2 Å². The number of para-hydroxylation sites is 1. The number of hydrogen-bond donors (Lipinski definition) is 2. The van der Waals surface area contributed by atoms with Crippen LogP contribution in [0, 0.1) is 11.6 Å². The molecule has 0 spiro atoms. The standard InChI is InChI=1S/C15H13ClF2N2O/c1-2-19-14-12(4-3-5-13(14)18)15(21)20-11-7-9(16)6-10(17)8-11/h3-8,19H,2H2,1H3,(H,20,21). The smallest absolute Gasteiger partial charge is 0.257 e. The molecule has 6 heteroatoms. The van der Waals surface area contributed by atoms with E-state index < -0.39 is 17.5 Å². The van der Waals surface area contributed by atoms with Gasteiger partial charge in [-0.25, -0.2) is 8.78 Å². The third-order valence-electron chi connectivity index (χ3n) is 2.73. The number of halogens is 3. The van der Waals surface area contributed by atoms with Crippen LogP contribution in [0.5, 0.6) is 0 Å². The Kier molecular flexibility index (Phi) is 4.75. The largest absolute Gasteiger partial charge is 0.382 e. The van der Waals surface area contributed by atoms with Crippen molar-refractivity contribution in [1.29, 1.82) is 0 Å². The molecule has 0 aromatic heterocycles. The SMILES string of the molecule is CCNc1c(F)cccc1C(=O)Nc1cc(F)cc(Cl)c1. The van der Waals surface area contributed by atoms with E-state index in [0.29, 0.717) is 6.54 Å². The minimum atomic E-state index is -0.566. The fraction of sp³-hybridized carbons (Fsp3) is 0.133. The van der Waals surface area contributed by atoms with Crippen LogP contribution in [-0.2, 0) is 0 Å². The summed E-state index contributed by atoms with van der Waals surface area (Å²) in [5, 5.41) is 5.46. The number of hydrogen-bond acceptors (Lipinski definition) is 2. The highest BCUT2D eigenvalue weighted by atomic mass is 35.5. The molecule has 2 rings (SSSR count). The molecule has 0 aliphatic rings. The molecule has 0 radical (unpaired) electrons. The molecule has 3 nitrogen and oxygen atoms in total. The molecular formula is C15H13ClF2N2O. The second kappa shape index (κ2) is 6.54. The Labute approximate surface area is 125 Å². The monoisotopic (exact) mass is 310 g/mol. The average molecular weight is 311 g/mol. The molecule has 2 N–H and O–H groups in total. The molecule has 2 aromatic carbocycles. The predicted molar refractivity (Wildman–Crippen MR) is 79.9 cm³/mol. The molecule has 0 aliphatic heterocycles. The number of rotatable bonds is 4. The average Bonchev–Trinajstić information content (AvgIpc) is 2.40. The first-order valence-electron chi connectivity index (χ1n) is 6.31. The molecule has 0 aliphatic carbocycles. The third kappa shape index (κ3) is 3.70. The molecule has 0 bridgehead atoms. The second-order valence-corrected chi connectivity index (χ2v) is 4.74. The van der Waals surface area contributed by atoms with Crippen molar-refractivity contribution in [1.82, 2.24) is 0 Å². The predicted octanol–water partition coefficient (Wildman–Crippen LogP) is 4.30. The van der Waals surface area contributed by atoms with Crippen LogP contribution in [-0.4, -0.2) is 12.5 Å². The van der Waals surface area contributed by atoms with Gasteiger partial charge in [0.25, 0.3) is 5.91 Å². The van der Waals surface area contributed by atoms with Crippen molar-refractivity contribution in [2.45, 2.75) is 6.92 Å². The third-order valence-corrected chi connectivity index (χ3v) is 2.95. The lowest BCUT2D eigenvalue weighted by molar-refractivity contribution is 0.102. The maximum atomic E-state index is 13.7. The molecule has 0 saturated heterocycles. The van der Waals surface area contributed by atoms with Crippen molar-refractivity contribution in [3.63, 3.8) is 0 Å². The van der Waals surface area contributed by atoms with E-state index in [9.17, 15) is 13.6 Å². The number of anilines is 2. The van der Waals surface area contributed by atoms with Gasteiger partial charge in [0, 0.05) is 17.3 Å². The summed E-state index contributed by atoms with van der Waals surface area (Å²) in [4.78, 5) is 12.2. The Morgan fingerprint density at radius 3 is 2.67 bits per heavy atom. The number of benzene rings is 2. The minimum absolute atomic E-state index is 0.111. The lowest BCUT2D eigenvalue weighted by Gasteiger charge is -2.12. The fourth-order valence-corrected chi connectivity index (χ4v) is 2.12. The minimum Gasteiger partial charge on any atom is -0.382 e. The van der Waals surface area contributed by atoms with Gasteiger partial charge in [0.1, 0.15) is 11.6 Å². The van der Waals surface area contributed by atoms with E-state index in [1.165, 1.54) is 24.3 Å². The van der Waals surface area contributed by atoms with Crippen LogP contribution in [0.15, 0.2) is 36.4 Å². The van der Waals surface area contributed by atoms with Gasteiger partial charge in [0.15, 0.2) is 0 Å². The summed E-state index contributed by atoms with van der Waals surface area (Å²) < 4.78 is 27.0. The number of nitrogens with one attached hydrogen (secondary N) is 2. The summed E-state index contributed by atoms with van der Waals surface area (Å²) in [7, 11) is 0. The molecule has 0 saturated carbocycles. The van der Waals surface area contributed by atoms with Crippen molar-refractivity contribution >= 4 is 28.9 Å². The van der Waals surface area contributed by atoms with Gasteiger partial charge >= 0.3 is 0 Å². The summed E-state index contributed by atoms with van der Waals surface area (Å²) in [5.41, 5.74) is 0.453. The highest BCUT2D eigenvalue weighted by Gasteiger charge is 2.15. The van der Waals surface area contributed by atoms with Crippen molar-refractivity contribution in [3.05, 3.63) is 58.6 Å². The van der Waals surface area contributed by atoms with E-state index in [0.717, 1.165) is 12.1 Å². The Balaban J connectivity index is 2.30. The molecule has 0 atom stereocenters. The molecular weight excluding hydrogens is 298 g/mol. The number of amides is 1. The highest BCUT2D eigenvalue weighted by Crippen LogP contribution is 2.23. The van der Waals surface area contributed by atoms with Crippen molar-refractivity contribution in [2.24, 2.45) is 0 Å². The van der Waals surface area contributed by atoms with E-state index in [4.69, 9.17) is 11.6 Å². The zero-order valence-corrected chi connectivity index (χ0v) is 12.0. The topological polar surface area (TPSA) is 41.1 Å². The quantitative estimate of drug-likeness (QED) is 0.884. The summed E-state index contributed by atoms with van der Waals surface area (Å²) >= 11 is 5.72. The zero-order chi connectivity index (χ0) is 15.4. The summed E-state index contributed by atoms with van der Waals surface area (Å²) in [6.07, 6.45) is 0.